The Morgan fingerprint density at radius 2 is 2.00 bits per heavy atom. The summed E-state index contributed by atoms with van der Waals surface area (Å²) in [5.41, 5.74) is 1.33. The third-order valence-corrected chi connectivity index (χ3v) is 4.18. The van der Waals surface area contributed by atoms with Crippen LogP contribution in [-0.4, -0.2) is 29.3 Å². The van der Waals surface area contributed by atoms with Crippen molar-refractivity contribution in [2.45, 2.75) is 6.92 Å². The van der Waals surface area contributed by atoms with E-state index in [4.69, 9.17) is 11.6 Å². The SMILES string of the molecule is Cc1cccc(NC(=O)CN2C(=O)NC(=Cc3c(F)cccc3Cl)C2=O)c1. The van der Waals surface area contributed by atoms with Gasteiger partial charge < -0.3 is 10.6 Å². The third kappa shape index (κ3) is 4.15. The van der Waals surface area contributed by atoms with Crippen molar-refractivity contribution < 1.29 is 18.8 Å². The molecule has 138 valence electrons. The number of rotatable bonds is 4. The molecule has 8 heteroatoms. The van der Waals surface area contributed by atoms with Crippen molar-refractivity contribution in [3.8, 4) is 0 Å². The summed E-state index contributed by atoms with van der Waals surface area (Å²) in [6.45, 7) is 1.40. The fourth-order valence-electron chi connectivity index (χ4n) is 2.58. The van der Waals surface area contributed by atoms with Crippen molar-refractivity contribution >= 4 is 41.2 Å². The van der Waals surface area contributed by atoms with Gasteiger partial charge in [-0.1, -0.05) is 29.8 Å². The van der Waals surface area contributed by atoms with E-state index in [0.717, 1.165) is 16.5 Å². The second kappa shape index (κ2) is 7.59. The van der Waals surface area contributed by atoms with Gasteiger partial charge in [0.1, 0.15) is 18.1 Å². The quantitative estimate of drug-likeness (QED) is 0.624. The second-order valence-electron chi connectivity index (χ2n) is 5.93. The molecule has 0 spiro atoms. The number of hydrogen-bond donors (Lipinski definition) is 2. The summed E-state index contributed by atoms with van der Waals surface area (Å²) < 4.78 is 13.9. The average Bonchev–Trinajstić information content (AvgIpc) is 2.86. The highest BCUT2D eigenvalue weighted by molar-refractivity contribution is 6.32. The van der Waals surface area contributed by atoms with Gasteiger partial charge in [0.15, 0.2) is 0 Å². The Labute approximate surface area is 159 Å². The van der Waals surface area contributed by atoms with E-state index < -0.39 is 30.2 Å². The van der Waals surface area contributed by atoms with Gasteiger partial charge in [-0.2, -0.15) is 0 Å². The van der Waals surface area contributed by atoms with E-state index in [9.17, 15) is 18.8 Å². The van der Waals surface area contributed by atoms with Crippen LogP contribution in [0.15, 0.2) is 48.2 Å². The van der Waals surface area contributed by atoms with Crippen molar-refractivity contribution in [1.82, 2.24) is 10.2 Å². The van der Waals surface area contributed by atoms with Crippen LogP contribution in [0.3, 0.4) is 0 Å². The molecule has 0 saturated carbocycles. The monoisotopic (exact) mass is 387 g/mol. The molecule has 2 aromatic carbocycles. The fourth-order valence-corrected chi connectivity index (χ4v) is 2.79. The molecular formula is C19H15ClFN3O3. The summed E-state index contributed by atoms with van der Waals surface area (Å²) in [7, 11) is 0. The molecule has 0 atom stereocenters. The van der Waals surface area contributed by atoms with Gasteiger partial charge in [0.2, 0.25) is 5.91 Å². The molecular weight excluding hydrogens is 373 g/mol. The summed E-state index contributed by atoms with van der Waals surface area (Å²) in [6, 6.07) is 10.4. The summed E-state index contributed by atoms with van der Waals surface area (Å²) in [5.74, 6) is -1.90. The van der Waals surface area contributed by atoms with Crippen LogP contribution >= 0.6 is 11.6 Å². The highest BCUT2D eigenvalue weighted by Crippen LogP contribution is 2.23. The van der Waals surface area contributed by atoms with Crippen LogP contribution in [-0.2, 0) is 9.59 Å². The maximum atomic E-state index is 13.9. The molecule has 0 unspecified atom stereocenters. The first kappa shape index (κ1) is 18.6. The lowest BCUT2D eigenvalue weighted by Crippen LogP contribution is -2.38. The smallest absolute Gasteiger partial charge is 0.325 e. The molecule has 0 bridgehead atoms. The first-order chi connectivity index (χ1) is 12.8. The first-order valence-electron chi connectivity index (χ1n) is 8.00. The number of carbonyl (C=O) groups excluding carboxylic acids is 3. The molecule has 3 rings (SSSR count). The molecule has 4 amide bonds. The number of nitrogens with zero attached hydrogens (tertiary/aromatic N) is 1. The zero-order chi connectivity index (χ0) is 19.6. The lowest BCUT2D eigenvalue weighted by atomic mass is 10.1. The number of hydrogen-bond acceptors (Lipinski definition) is 3. The molecule has 27 heavy (non-hydrogen) atoms. The normalized spacial score (nSPS) is 15.2. The van der Waals surface area contributed by atoms with Crippen LogP contribution in [0, 0.1) is 12.7 Å². The maximum absolute atomic E-state index is 13.9. The topological polar surface area (TPSA) is 78.5 Å². The Balaban J connectivity index is 1.74. The predicted octanol–water partition coefficient (Wildman–Crippen LogP) is 3.32. The van der Waals surface area contributed by atoms with Crippen LogP contribution < -0.4 is 10.6 Å². The summed E-state index contributed by atoms with van der Waals surface area (Å²) in [4.78, 5) is 37.4. The number of nitrogens with one attached hydrogen (secondary N) is 2. The largest absolute Gasteiger partial charge is 0.329 e. The predicted molar refractivity (Wildman–Crippen MR) is 99.4 cm³/mol. The van der Waals surface area contributed by atoms with Crippen molar-refractivity contribution in [3.05, 3.63) is 70.1 Å². The van der Waals surface area contributed by atoms with E-state index >= 15 is 0 Å². The number of carbonyl (C=O) groups is 3. The molecule has 1 saturated heterocycles. The van der Waals surface area contributed by atoms with Crippen LogP contribution in [0.1, 0.15) is 11.1 Å². The number of benzene rings is 2. The number of urea groups is 1. The van der Waals surface area contributed by atoms with E-state index in [1.165, 1.54) is 18.2 Å². The number of imide groups is 1. The van der Waals surface area contributed by atoms with E-state index in [1.807, 2.05) is 13.0 Å². The van der Waals surface area contributed by atoms with E-state index in [2.05, 4.69) is 10.6 Å². The van der Waals surface area contributed by atoms with Crippen LogP contribution in [0.25, 0.3) is 6.08 Å². The zero-order valence-electron chi connectivity index (χ0n) is 14.3. The molecule has 0 radical (unpaired) electrons. The van der Waals surface area contributed by atoms with Crippen LogP contribution in [0.4, 0.5) is 14.9 Å². The second-order valence-corrected chi connectivity index (χ2v) is 6.34. The van der Waals surface area contributed by atoms with Gasteiger partial charge in [-0.25, -0.2) is 14.1 Å². The highest BCUT2D eigenvalue weighted by Gasteiger charge is 2.35. The van der Waals surface area contributed by atoms with Crippen molar-refractivity contribution in [2.75, 3.05) is 11.9 Å². The minimum atomic E-state index is -0.766. The van der Waals surface area contributed by atoms with Gasteiger partial charge in [0.25, 0.3) is 5.91 Å². The number of anilines is 1. The molecule has 6 nitrogen and oxygen atoms in total. The molecule has 2 N–H and O–H groups in total. The Bertz CT molecular complexity index is 954. The Morgan fingerprint density at radius 1 is 1.26 bits per heavy atom. The maximum Gasteiger partial charge on any atom is 0.329 e. The van der Waals surface area contributed by atoms with E-state index in [0.29, 0.717) is 5.69 Å². The number of halogens is 2. The Morgan fingerprint density at radius 3 is 2.70 bits per heavy atom. The molecule has 0 aromatic heterocycles. The highest BCUT2D eigenvalue weighted by atomic mass is 35.5. The summed E-state index contributed by atoms with van der Waals surface area (Å²) in [5, 5.41) is 5.05. The Kier molecular flexibility index (Phi) is 5.23. The van der Waals surface area contributed by atoms with Gasteiger partial charge in [0, 0.05) is 11.3 Å². The minimum absolute atomic E-state index is 0.0196. The average molecular weight is 388 g/mol. The molecule has 2 aromatic rings. The van der Waals surface area contributed by atoms with E-state index in [-0.39, 0.29) is 16.3 Å². The fraction of sp³-hybridized carbons (Fsp3) is 0.105. The van der Waals surface area contributed by atoms with Crippen LogP contribution in [0.2, 0.25) is 5.02 Å². The lowest BCUT2D eigenvalue weighted by Gasteiger charge is -2.12. The number of aryl methyl sites for hydroxylation is 1. The number of amides is 4. The molecule has 1 fully saturated rings. The zero-order valence-corrected chi connectivity index (χ0v) is 15.0. The van der Waals surface area contributed by atoms with Gasteiger partial charge in [0.05, 0.1) is 5.02 Å². The van der Waals surface area contributed by atoms with Crippen molar-refractivity contribution in [3.63, 3.8) is 0 Å². The minimum Gasteiger partial charge on any atom is -0.325 e. The van der Waals surface area contributed by atoms with Gasteiger partial charge in [-0.05, 0) is 42.8 Å². The Hall–Kier alpha value is -3.19. The van der Waals surface area contributed by atoms with E-state index in [1.54, 1.807) is 18.2 Å². The first-order valence-corrected chi connectivity index (χ1v) is 8.38. The summed E-state index contributed by atoms with van der Waals surface area (Å²) in [6.07, 6.45) is 1.15. The summed E-state index contributed by atoms with van der Waals surface area (Å²) >= 11 is 5.93. The molecule has 1 heterocycles. The van der Waals surface area contributed by atoms with Gasteiger partial charge in [-0.15, -0.1) is 0 Å². The molecule has 1 aliphatic rings. The molecule has 1 aliphatic heterocycles. The van der Waals surface area contributed by atoms with Gasteiger partial charge >= 0.3 is 6.03 Å². The lowest BCUT2D eigenvalue weighted by molar-refractivity contribution is -0.127. The third-order valence-electron chi connectivity index (χ3n) is 3.85. The van der Waals surface area contributed by atoms with Crippen molar-refractivity contribution in [2.24, 2.45) is 0 Å². The van der Waals surface area contributed by atoms with Crippen molar-refractivity contribution in [1.29, 1.82) is 0 Å². The van der Waals surface area contributed by atoms with Gasteiger partial charge in [-0.3, -0.25) is 9.59 Å². The molecule has 0 aliphatic carbocycles. The standard InChI is InChI=1S/C19H15ClFN3O3/c1-11-4-2-5-12(8-11)22-17(25)10-24-18(26)16(23-19(24)27)9-13-14(20)6-3-7-15(13)21/h2-9H,10H2,1H3,(H,22,25)(H,23,27). The van der Waals surface area contributed by atoms with Crippen LogP contribution in [0.5, 0.6) is 0 Å².